The second-order valence-electron chi connectivity index (χ2n) is 3.66. The fourth-order valence-electron chi connectivity index (χ4n) is 1.52. The van der Waals surface area contributed by atoms with E-state index in [0.717, 1.165) is 6.54 Å². The highest BCUT2D eigenvalue weighted by molar-refractivity contribution is 4.67. The van der Waals surface area contributed by atoms with E-state index >= 15 is 0 Å². The lowest BCUT2D eigenvalue weighted by atomic mass is 10.4. The molecule has 0 unspecified atom stereocenters. The lowest BCUT2D eigenvalue weighted by molar-refractivity contribution is 0.331. The van der Waals surface area contributed by atoms with Gasteiger partial charge in [-0.05, 0) is 25.9 Å². The van der Waals surface area contributed by atoms with Crippen molar-refractivity contribution in [2.75, 3.05) is 26.2 Å². The van der Waals surface area contributed by atoms with Gasteiger partial charge >= 0.3 is 0 Å². The van der Waals surface area contributed by atoms with E-state index < -0.39 is 0 Å². The van der Waals surface area contributed by atoms with E-state index in [1.54, 1.807) is 0 Å². The smallest absolute Gasteiger partial charge is 0.0107 e. The van der Waals surface area contributed by atoms with Crippen molar-refractivity contribution in [1.82, 2.24) is 10.2 Å². The summed E-state index contributed by atoms with van der Waals surface area (Å²) in [4.78, 5) is 2.54. The zero-order chi connectivity index (χ0) is 10.1. The average Bonchev–Trinajstić information content (AvgIpc) is 2.60. The molecular weight excluding hydrogens is 160 g/mol. The minimum Gasteiger partial charge on any atom is -0.313 e. The standard InChI is InChI=1S/C9H20N2.C2H6/c1-9(2)10-5-8-11-6-3-4-7-11;1-2/h9-10H,3-8H2,1-2H3;1-2H3. The molecule has 0 amide bonds. The molecular formula is C11H26N2. The number of nitrogens with one attached hydrogen (secondary N) is 1. The molecule has 0 aromatic heterocycles. The van der Waals surface area contributed by atoms with E-state index in [9.17, 15) is 0 Å². The minimum atomic E-state index is 0.637. The van der Waals surface area contributed by atoms with Gasteiger partial charge in [-0.25, -0.2) is 0 Å². The summed E-state index contributed by atoms with van der Waals surface area (Å²) >= 11 is 0. The van der Waals surface area contributed by atoms with Gasteiger partial charge in [0.15, 0.2) is 0 Å². The number of likely N-dealkylation sites (tertiary alicyclic amines) is 1. The summed E-state index contributed by atoms with van der Waals surface area (Å²) in [6.45, 7) is 13.4. The Morgan fingerprint density at radius 1 is 1.15 bits per heavy atom. The van der Waals surface area contributed by atoms with Crippen LogP contribution in [0.4, 0.5) is 0 Å². The molecule has 2 nitrogen and oxygen atoms in total. The van der Waals surface area contributed by atoms with Crippen LogP contribution >= 0.6 is 0 Å². The van der Waals surface area contributed by atoms with Crippen molar-refractivity contribution in [3.8, 4) is 0 Å². The van der Waals surface area contributed by atoms with E-state index in [1.807, 2.05) is 13.8 Å². The van der Waals surface area contributed by atoms with Gasteiger partial charge in [-0.1, -0.05) is 27.7 Å². The van der Waals surface area contributed by atoms with Crippen LogP contribution in [0.1, 0.15) is 40.5 Å². The Morgan fingerprint density at radius 3 is 2.15 bits per heavy atom. The predicted molar refractivity (Wildman–Crippen MR) is 60.2 cm³/mol. The normalized spacial score (nSPS) is 17.3. The lowest BCUT2D eigenvalue weighted by Crippen LogP contribution is -2.33. The molecule has 1 N–H and O–H groups in total. The monoisotopic (exact) mass is 186 g/mol. The van der Waals surface area contributed by atoms with Gasteiger partial charge in [0.2, 0.25) is 0 Å². The van der Waals surface area contributed by atoms with Gasteiger partial charge in [0, 0.05) is 19.1 Å². The molecule has 1 aliphatic rings. The van der Waals surface area contributed by atoms with Crippen molar-refractivity contribution >= 4 is 0 Å². The van der Waals surface area contributed by atoms with Crippen LogP contribution in [-0.2, 0) is 0 Å². The minimum absolute atomic E-state index is 0.637. The Hall–Kier alpha value is -0.0800. The lowest BCUT2D eigenvalue weighted by Gasteiger charge is -2.15. The molecule has 0 saturated carbocycles. The number of rotatable bonds is 4. The van der Waals surface area contributed by atoms with E-state index in [0.29, 0.717) is 6.04 Å². The quantitative estimate of drug-likeness (QED) is 0.723. The van der Waals surface area contributed by atoms with E-state index in [2.05, 4.69) is 24.1 Å². The van der Waals surface area contributed by atoms with Crippen molar-refractivity contribution in [3.63, 3.8) is 0 Å². The first-order valence-corrected chi connectivity index (χ1v) is 5.75. The second-order valence-corrected chi connectivity index (χ2v) is 3.66. The molecule has 1 fully saturated rings. The molecule has 1 heterocycles. The molecule has 0 aromatic rings. The fraction of sp³-hybridized carbons (Fsp3) is 1.00. The molecule has 0 bridgehead atoms. The Balaban J connectivity index is 0.000000671. The molecule has 13 heavy (non-hydrogen) atoms. The molecule has 0 aliphatic carbocycles. The number of hydrogen-bond donors (Lipinski definition) is 1. The summed E-state index contributed by atoms with van der Waals surface area (Å²) in [5, 5.41) is 3.43. The molecule has 1 aliphatic heterocycles. The zero-order valence-electron chi connectivity index (χ0n) is 9.77. The van der Waals surface area contributed by atoms with Gasteiger partial charge in [0.1, 0.15) is 0 Å². The Morgan fingerprint density at radius 2 is 1.69 bits per heavy atom. The summed E-state index contributed by atoms with van der Waals surface area (Å²) in [5.74, 6) is 0. The van der Waals surface area contributed by atoms with Crippen molar-refractivity contribution in [2.45, 2.75) is 46.6 Å². The SMILES string of the molecule is CC.CC(C)NCCN1CCCC1. The van der Waals surface area contributed by atoms with Crippen LogP contribution in [0.25, 0.3) is 0 Å². The van der Waals surface area contributed by atoms with Gasteiger partial charge in [0.05, 0.1) is 0 Å². The molecule has 80 valence electrons. The van der Waals surface area contributed by atoms with Crippen molar-refractivity contribution in [2.24, 2.45) is 0 Å². The van der Waals surface area contributed by atoms with E-state index in [-0.39, 0.29) is 0 Å². The van der Waals surface area contributed by atoms with Crippen molar-refractivity contribution < 1.29 is 0 Å². The van der Waals surface area contributed by atoms with Gasteiger partial charge in [-0.3, -0.25) is 0 Å². The summed E-state index contributed by atoms with van der Waals surface area (Å²) < 4.78 is 0. The van der Waals surface area contributed by atoms with E-state index in [1.165, 1.54) is 32.5 Å². The first-order chi connectivity index (χ1) is 6.29. The highest BCUT2D eigenvalue weighted by Crippen LogP contribution is 2.05. The fourth-order valence-corrected chi connectivity index (χ4v) is 1.52. The molecule has 0 radical (unpaired) electrons. The third-order valence-electron chi connectivity index (χ3n) is 2.18. The molecule has 1 rings (SSSR count). The van der Waals surface area contributed by atoms with Crippen LogP contribution < -0.4 is 5.32 Å². The summed E-state index contributed by atoms with van der Waals surface area (Å²) in [5.41, 5.74) is 0. The van der Waals surface area contributed by atoms with Crippen LogP contribution in [0.3, 0.4) is 0 Å². The molecule has 2 heteroatoms. The van der Waals surface area contributed by atoms with Crippen LogP contribution in [0.15, 0.2) is 0 Å². The summed E-state index contributed by atoms with van der Waals surface area (Å²) in [6.07, 6.45) is 2.81. The largest absolute Gasteiger partial charge is 0.313 e. The summed E-state index contributed by atoms with van der Waals surface area (Å²) in [6, 6.07) is 0.637. The first kappa shape index (κ1) is 12.9. The van der Waals surface area contributed by atoms with Crippen molar-refractivity contribution in [3.05, 3.63) is 0 Å². The number of hydrogen-bond acceptors (Lipinski definition) is 2. The summed E-state index contributed by atoms with van der Waals surface area (Å²) in [7, 11) is 0. The van der Waals surface area contributed by atoms with Gasteiger partial charge in [-0.2, -0.15) is 0 Å². The molecule has 1 saturated heterocycles. The predicted octanol–water partition coefficient (Wildman–Crippen LogP) is 2.11. The maximum atomic E-state index is 3.43. The van der Waals surface area contributed by atoms with Gasteiger partial charge < -0.3 is 10.2 Å². The second kappa shape index (κ2) is 8.52. The van der Waals surface area contributed by atoms with Crippen LogP contribution in [0.5, 0.6) is 0 Å². The number of nitrogens with zero attached hydrogens (tertiary/aromatic N) is 1. The highest BCUT2D eigenvalue weighted by atomic mass is 15.1. The van der Waals surface area contributed by atoms with Crippen LogP contribution in [-0.4, -0.2) is 37.1 Å². The maximum absolute atomic E-state index is 3.43. The molecule has 0 spiro atoms. The third kappa shape index (κ3) is 7.03. The Labute approximate surface area is 83.7 Å². The third-order valence-corrected chi connectivity index (χ3v) is 2.18. The maximum Gasteiger partial charge on any atom is 0.0107 e. The first-order valence-electron chi connectivity index (χ1n) is 5.75. The molecule has 0 atom stereocenters. The van der Waals surface area contributed by atoms with Gasteiger partial charge in [0.25, 0.3) is 0 Å². The zero-order valence-corrected chi connectivity index (χ0v) is 9.77. The average molecular weight is 186 g/mol. The van der Waals surface area contributed by atoms with Gasteiger partial charge in [-0.15, -0.1) is 0 Å². The Kier molecular flexibility index (Phi) is 8.46. The van der Waals surface area contributed by atoms with Crippen LogP contribution in [0.2, 0.25) is 0 Å². The van der Waals surface area contributed by atoms with E-state index in [4.69, 9.17) is 0 Å². The van der Waals surface area contributed by atoms with Crippen LogP contribution in [0, 0.1) is 0 Å². The van der Waals surface area contributed by atoms with Crippen molar-refractivity contribution in [1.29, 1.82) is 0 Å². The Bertz CT molecular complexity index is 96.3. The highest BCUT2D eigenvalue weighted by Gasteiger charge is 2.09. The molecule has 0 aromatic carbocycles. The topological polar surface area (TPSA) is 15.3 Å².